The number of anilines is 8. The van der Waals surface area contributed by atoms with Crippen molar-refractivity contribution >= 4 is 70.4 Å². The molecule has 6 aliphatic rings. The van der Waals surface area contributed by atoms with Gasteiger partial charge < -0.3 is 14.7 Å². The Balaban J connectivity index is 0.785. The summed E-state index contributed by atoms with van der Waals surface area (Å²) in [5.41, 5.74) is 24.6. The number of aryl methyl sites for hydroxylation is 1. The molecule has 4 aliphatic carbocycles. The zero-order valence-corrected chi connectivity index (χ0v) is 41.9. The van der Waals surface area contributed by atoms with Crippen LogP contribution < -0.4 is 19.9 Å². The summed E-state index contributed by atoms with van der Waals surface area (Å²) in [4.78, 5) is 7.45. The Labute approximate surface area is 409 Å². The Morgan fingerprint density at radius 3 is 1.81 bits per heavy atom. The average Bonchev–Trinajstić information content (AvgIpc) is 3.73. The fourth-order valence-electron chi connectivity index (χ4n) is 13.1. The molecule has 0 radical (unpaired) electrons. The van der Waals surface area contributed by atoms with Crippen LogP contribution in [0.25, 0.3) is 22.8 Å². The molecule has 3 nitrogen and oxygen atoms in total. The van der Waals surface area contributed by atoms with E-state index in [0.717, 1.165) is 18.5 Å². The minimum Gasteiger partial charge on any atom is -0.311 e. The van der Waals surface area contributed by atoms with E-state index < -0.39 is 8.07 Å². The molecule has 0 saturated heterocycles. The maximum absolute atomic E-state index is 2.58. The Morgan fingerprint density at radius 2 is 1.12 bits per heavy atom. The summed E-state index contributed by atoms with van der Waals surface area (Å²) >= 11 is 0. The lowest BCUT2D eigenvalue weighted by Crippen LogP contribution is -2.51. The molecule has 2 heterocycles. The van der Waals surface area contributed by atoms with Crippen LogP contribution in [0.15, 0.2) is 199 Å². The largest absolute Gasteiger partial charge is 0.311 e. The van der Waals surface area contributed by atoms with Gasteiger partial charge in [0.15, 0.2) is 0 Å². The molecule has 1 unspecified atom stereocenters. The number of fused-ring (bicyclic) bond motifs is 9. The third-order valence-corrected chi connectivity index (χ3v) is 20.6. The van der Waals surface area contributed by atoms with Crippen molar-refractivity contribution in [2.24, 2.45) is 5.92 Å². The lowest BCUT2D eigenvalue weighted by molar-refractivity contribution is 0.410. The van der Waals surface area contributed by atoms with Crippen molar-refractivity contribution < 1.29 is 0 Å². The quantitative estimate of drug-likeness (QED) is 0.159. The number of hydrogen-bond donors (Lipinski definition) is 0. The highest BCUT2D eigenvalue weighted by atomic mass is 28.3. The van der Waals surface area contributed by atoms with Gasteiger partial charge in [0, 0.05) is 33.9 Å². The fraction of sp³-hybridized carbons (Fsp3) is 0.200. The van der Waals surface area contributed by atoms with E-state index in [-0.39, 0.29) is 10.8 Å². The number of para-hydroxylation sites is 5. The highest BCUT2D eigenvalue weighted by Crippen LogP contribution is 2.58. The molecule has 0 bridgehead atoms. The highest BCUT2D eigenvalue weighted by molar-refractivity contribution is 6.97. The minimum atomic E-state index is -1.77. The van der Waals surface area contributed by atoms with E-state index in [0.29, 0.717) is 5.92 Å². The van der Waals surface area contributed by atoms with Gasteiger partial charge in [-0.1, -0.05) is 167 Å². The zero-order valence-electron chi connectivity index (χ0n) is 40.9. The molecule has 0 aromatic heterocycles. The van der Waals surface area contributed by atoms with Gasteiger partial charge in [0.1, 0.15) is 8.07 Å². The summed E-state index contributed by atoms with van der Waals surface area (Å²) in [6.07, 6.45) is 17.7. The molecule has 0 amide bonds. The molecule has 0 fully saturated rings. The lowest BCUT2D eigenvalue weighted by atomic mass is 9.73. The van der Waals surface area contributed by atoms with Crippen molar-refractivity contribution in [3.8, 4) is 11.1 Å². The van der Waals surface area contributed by atoms with Crippen molar-refractivity contribution in [2.75, 3.05) is 14.7 Å². The number of allylic oxidation sites excluding steroid dienone is 8. The van der Waals surface area contributed by atoms with E-state index in [9.17, 15) is 0 Å². The second kappa shape index (κ2) is 15.2. The lowest BCUT2D eigenvalue weighted by Gasteiger charge is -2.43. The molecule has 13 rings (SSSR count). The van der Waals surface area contributed by atoms with E-state index in [1.807, 2.05) is 0 Å². The van der Waals surface area contributed by atoms with Crippen LogP contribution in [0.5, 0.6) is 0 Å². The van der Waals surface area contributed by atoms with Gasteiger partial charge in [-0.25, -0.2) is 0 Å². The van der Waals surface area contributed by atoms with Gasteiger partial charge >= 0.3 is 0 Å². The Morgan fingerprint density at radius 1 is 0.551 bits per heavy atom. The molecule has 4 heteroatoms. The number of nitrogens with zero attached hydrogens (tertiary/aromatic N) is 3. The first kappa shape index (κ1) is 42.0. The van der Waals surface area contributed by atoms with Crippen molar-refractivity contribution in [1.29, 1.82) is 0 Å². The predicted molar refractivity (Wildman–Crippen MR) is 295 cm³/mol. The first-order chi connectivity index (χ1) is 33.4. The van der Waals surface area contributed by atoms with Crippen molar-refractivity contribution in [3.63, 3.8) is 0 Å². The summed E-state index contributed by atoms with van der Waals surface area (Å²) in [7, 11) is -1.77. The van der Waals surface area contributed by atoms with Crippen LogP contribution in [-0.4, -0.2) is 8.07 Å². The molecular formula is C65H59N3Si. The summed E-state index contributed by atoms with van der Waals surface area (Å²) in [6, 6.07) is 57.4. The Kier molecular flexibility index (Phi) is 9.24. The maximum Gasteiger partial charge on any atom is 0.113 e. The van der Waals surface area contributed by atoms with Crippen molar-refractivity contribution in [1.82, 2.24) is 0 Å². The third-order valence-electron chi connectivity index (χ3n) is 16.8. The number of benzene rings is 7. The second-order valence-corrected chi connectivity index (χ2v) is 26.2. The first-order valence-corrected chi connectivity index (χ1v) is 28.1. The summed E-state index contributed by atoms with van der Waals surface area (Å²) in [6.45, 7) is 17.0. The summed E-state index contributed by atoms with van der Waals surface area (Å²) < 4.78 is 0. The second-order valence-electron chi connectivity index (χ2n) is 21.8. The average molecular weight is 910 g/mol. The fourth-order valence-corrected chi connectivity index (χ4v) is 16.3. The predicted octanol–water partition coefficient (Wildman–Crippen LogP) is 17.1. The van der Waals surface area contributed by atoms with E-state index in [2.05, 4.69) is 251 Å². The van der Waals surface area contributed by atoms with Crippen LogP contribution in [0, 0.1) is 12.8 Å². The minimum absolute atomic E-state index is 0.00543. The first-order valence-electron chi connectivity index (χ1n) is 25.1. The van der Waals surface area contributed by atoms with Gasteiger partial charge in [0.05, 0.1) is 22.7 Å². The molecule has 7 aromatic rings. The molecule has 338 valence electrons. The van der Waals surface area contributed by atoms with Crippen LogP contribution in [0.2, 0.25) is 13.1 Å². The van der Waals surface area contributed by atoms with Crippen LogP contribution in [0.1, 0.15) is 80.3 Å². The topological polar surface area (TPSA) is 9.72 Å². The van der Waals surface area contributed by atoms with Crippen LogP contribution >= 0.6 is 0 Å². The summed E-state index contributed by atoms with van der Waals surface area (Å²) in [5, 5.41) is 3.24. The third kappa shape index (κ3) is 6.24. The highest BCUT2D eigenvalue weighted by Gasteiger charge is 2.45. The van der Waals surface area contributed by atoms with Gasteiger partial charge in [0.25, 0.3) is 0 Å². The molecule has 0 spiro atoms. The van der Waals surface area contributed by atoms with E-state index in [4.69, 9.17) is 0 Å². The van der Waals surface area contributed by atoms with E-state index in [1.54, 1.807) is 10.4 Å². The molecule has 1 atom stereocenters. The monoisotopic (exact) mass is 909 g/mol. The van der Waals surface area contributed by atoms with Crippen molar-refractivity contribution in [3.05, 3.63) is 232 Å². The number of rotatable bonds is 5. The van der Waals surface area contributed by atoms with Gasteiger partial charge in [-0.3, -0.25) is 0 Å². The van der Waals surface area contributed by atoms with E-state index >= 15 is 0 Å². The Hall–Kier alpha value is -7.14. The molecule has 0 saturated carbocycles. The smallest absolute Gasteiger partial charge is 0.113 e. The standard InChI is InChI=1S/C65H59N3Si/c1-42-24-30-45(31-25-42)66-56-16-8-10-18-58(56)67(59-19-11-9-17-57(59)66)46-32-36-50-48-34-28-43(38-52(48)64(2,3)54(50)40-46)26-27-44-29-35-49-51-37-33-47(41-55(51)65(4,5)53(49)39-44)68-60-20-12-14-22-62(60)69(6,7)63-23-15-13-21-61(63)68/h8-14,16-22,24-38,40-41,53H,15,23,39H2,1-7H3. The van der Waals surface area contributed by atoms with Crippen LogP contribution in [0.3, 0.4) is 0 Å². The van der Waals surface area contributed by atoms with Gasteiger partial charge in [0.2, 0.25) is 0 Å². The number of hydrogen-bond acceptors (Lipinski definition) is 3. The van der Waals surface area contributed by atoms with Crippen LogP contribution in [0.4, 0.5) is 45.5 Å². The normalized spacial score (nSPS) is 19.5. The SMILES string of the molecule is Cc1ccc(N2c3ccccc3N(c3ccc4c(c3)C(C)(C)c3cc(C=CC5=CC=C6c7ccc(N8C9=C(CCC=C9)[Si](C)(C)c9ccccc98)cc7C(C)(C)C6C5)ccc3-4)c3ccccc32)cc1. The Bertz CT molecular complexity index is 3430. The molecular weight excluding hydrogens is 851 g/mol. The van der Waals surface area contributed by atoms with Gasteiger partial charge in [-0.05, 0) is 166 Å². The van der Waals surface area contributed by atoms with Gasteiger partial charge in [-0.2, -0.15) is 0 Å². The maximum atomic E-state index is 2.58. The molecule has 2 aliphatic heterocycles. The molecule has 0 N–H and O–H groups in total. The molecule has 69 heavy (non-hydrogen) atoms. The van der Waals surface area contributed by atoms with Gasteiger partial charge in [-0.15, -0.1) is 0 Å². The van der Waals surface area contributed by atoms with Crippen LogP contribution in [-0.2, 0) is 10.8 Å². The molecule has 7 aromatic carbocycles. The summed E-state index contributed by atoms with van der Waals surface area (Å²) in [5.74, 6) is 0.420. The van der Waals surface area contributed by atoms with Crippen molar-refractivity contribution in [2.45, 2.75) is 77.8 Å². The van der Waals surface area contributed by atoms with E-state index in [1.165, 1.54) is 108 Å². The zero-order chi connectivity index (χ0) is 47.0.